The number of aliphatic hydroxyl groups is 1. The minimum Gasteiger partial charge on any atom is -0.396 e. The van der Waals surface area contributed by atoms with Gasteiger partial charge in [0.2, 0.25) is 0 Å². The largest absolute Gasteiger partial charge is 0.396 e. The van der Waals surface area contributed by atoms with E-state index in [1.807, 2.05) is 4.90 Å². The summed E-state index contributed by atoms with van der Waals surface area (Å²) in [5, 5.41) is 10.3. The number of hydrogen-bond acceptors (Lipinski definition) is 7. The Labute approximate surface area is 128 Å². The monoisotopic (exact) mass is 332 g/mol. The number of nitrogen functional groups attached to an aromatic ring is 1. The van der Waals surface area contributed by atoms with E-state index in [-0.39, 0.29) is 27.0 Å². The zero-order valence-corrected chi connectivity index (χ0v) is 13.8. The SMILES string of the molecule is CCS(=O)(=O)c1c(N2CCCC(O)C2)sc(C(C)=O)c1N. The molecule has 1 aromatic rings. The van der Waals surface area contributed by atoms with Crippen molar-refractivity contribution in [1.29, 1.82) is 0 Å². The van der Waals surface area contributed by atoms with Crippen LogP contribution in [-0.2, 0) is 9.84 Å². The highest BCUT2D eigenvalue weighted by molar-refractivity contribution is 7.92. The van der Waals surface area contributed by atoms with Crippen LogP contribution in [0.4, 0.5) is 10.7 Å². The molecule has 3 N–H and O–H groups in total. The number of carbonyl (C=O) groups excluding carboxylic acids is 1. The van der Waals surface area contributed by atoms with Gasteiger partial charge >= 0.3 is 0 Å². The van der Waals surface area contributed by atoms with Crippen molar-refractivity contribution in [2.45, 2.75) is 37.7 Å². The van der Waals surface area contributed by atoms with Crippen molar-refractivity contribution in [3.05, 3.63) is 4.88 Å². The highest BCUT2D eigenvalue weighted by Crippen LogP contribution is 2.43. The van der Waals surface area contributed by atoms with Gasteiger partial charge in [-0.2, -0.15) is 0 Å². The lowest BCUT2D eigenvalue weighted by Crippen LogP contribution is -2.38. The van der Waals surface area contributed by atoms with Crippen molar-refractivity contribution < 1.29 is 18.3 Å². The number of anilines is 2. The third-order valence-electron chi connectivity index (χ3n) is 3.58. The van der Waals surface area contributed by atoms with E-state index in [0.717, 1.165) is 17.8 Å². The van der Waals surface area contributed by atoms with Crippen molar-refractivity contribution in [2.75, 3.05) is 29.5 Å². The average Bonchev–Trinajstić information content (AvgIpc) is 2.77. The van der Waals surface area contributed by atoms with Gasteiger partial charge in [-0.1, -0.05) is 6.92 Å². The van der Waals surface area contributed by atoms with Gasteiger partial charge in [-0.3, -0.25) is 4.79 Å². The molecule has 1 atom stereocenters. The van der Waals surface area contributed by atoms with Crippen LogP contribution in [0.25, 0.3) is 0 Å². The Morgan fingerprint density at radius 2 is 2.19 bits per heavy atom. The van der Waals surface area contributed by atoms with Gasteiger partial charge in [-0.25, -0.2) is 8.42 Å². The number of nitrogens with two attached hydrogens (primary N) is 1. The van der Waals surface area contributed by atoms with Gasteiger partial charge in [-0.05, 0) is 12.8 Å². The number of Topliss-reactive ketones (excluding diaryl/α,β-unsaturated/α-hetero) is 1. The summed E-state index contributed by atoms with van der Waals surface area (Å²) in [5.41, 5.74) is 5.98. The topological polar surface area (TPSA) is 101 Å². The Bertz CT molecular complexity index is 651. The standard InChI is InChI=1S/C13H20N2O4S2/c1-3-21(18,19)12-10(14)11(8(2)16)20-13(12)15-6-4-5-9(17)7-15/h9,17H,3-7,14H2,1-2H3. The van der Waals surface area contributed by atoms with E-state index in [1.165, 1.54) is 6.92 Å². The number of ketones is 1. The summed E-state index contributed by atoms with van der Waals surface area (Å²) >= 11 is 1.11. The molecule has 8 heteroatoms. The Morgan fingerprint density at radius 1 is 1.52 bits per heavy atom. The summed E-state index contributed by atoms with van der Waals surface area (Å²) in [7, 11) is -3.53. The van der Waals surface area contributed by atoms with Crippen molar-refractivity contribution in [3.63, 3.8) is 0 Å². The first kappa shape index (κ1) is 16.3. The molecular formula is C13H20N2O4S2. The van der Waals surface area contributed by atoms with Crippen molar-refractivity contribution in [1.82, 2.24) is 0 Å². The zero-order valence-electron chi connectivity index (χ0n) is 12.1. The van der Waals surface area contributed by atoms with Crippen molar-refractivity contribution in [3.8, 4) is 0 Å². The second-order valence-electron chi connectivity index (χ2n) is 5.18. The Hall–Kier alpha value is -1.12. The Kier molecular flexibility index (Phi) is 4.60. The molecular weight excluding hydrogens is 312 g/mol. The molecule has 21 heavy (non-hydrogen) atoms. The number of hydrogen-bond donors (Lipinski definition) is 2. The number of aliphatic hydroxyl groups excluding tert-OH is 1. The molecule has 6 nitrogen and oxygen atoms in total. The predicted molar refractivity (Wildman–Crippen MR) is 83.9 cm³/mol. The normalized spacial score (nSPS) is 19.8. The van der Waals surface area contributed by atoms with Crippen LogP contribution in [0.15, 0.2) is 4.90 Å². The van der Waals surface area contributed by atoms with E-state index >= 15 is 0 Å². The average molecular weight is 332 g/mol. The minimum absolute atomic E-state index is 0.0458. The van der Waals surface area contributed by atoms with E-state index in [4.69, 9.17) is 5.73 Å². The molecule has 0 spiro atoms. The number of nitrogens with zero attached hydrogens (tertiary/aromatic N) is 1. The first-order valence-electron chi connectivity index (χ1n) is 6.87. The van der Waals surface area contributed by atoms with Crippen LogP contribution in [0.2, 0.25) is 0 Å². The van der Waals surface area contributed by atoms with Gasteiger partial charge < -0.3 is 15.7 Å². The van der Waals surface area contributed by atoms with Crippen LogP contribution < -0.4 is 10.6 Å². The molecule has 0 saturated carbocycles. The fourth-order valence-corrected chi connectivity index (χ4v) is 5.21. The molecule has 1 fully saturated rings. The quantitative estimate of drug-likeness (QED) is 0.806. The lowest BCUT2D eigenvalue weighted by Gasteiger charge is -2.31. The number of rotatable bonds is 4. The van der Waals surface area contributed by atoms with E-state index in [1.54, 1.807) is 6.92 Å². The van der Waals surface area contributed by atoms with Gasteiger partial charge in [0.1, 0.15) is 9.90 Å². The van der Waals surface area contributed by atoms with E-state index in [0.29, 0.717) is 24.5 Å². The van der Waals surface area contributed by atoms with Crippen LogP contribution in [0.5, 0.6) is 0 Å². The summed E-state index contributed by atoms with van der Waals surface area (Å²) in [6.07, 6.45) is 0.993. The third kappa shape index (κ3) is 3.07. The van der Waals surface area contributed by atoms with Gasteiger partial charge in [0.15, 0.2) is 15.6 Å². The van der Waals surface area contributed by atoms with Gasteiger partial charge in [0, 0.05) is 20.0 Å². The van der Waals surface area contributed by atoms with E-state index in [9.17, 15) is 18.3 Å². The molecule has 1 aliphatic heterocycles. The molecule has 1 aromatic heterocycles. The molecule has 0 bridgehead atoms. The molecule has 1 unspecified atom stereocenters. The second kappa shape index (κ2) is 5.94. The van der Waals surface area contributed by atoms with Crippen molar-refractivity contribution >= 4 is 37.6 Å². The van der Waals surface area contributed by atoms with Gasteiger partial charge in [0.25, 0.3) is 0 Å². The Balaban J connectivity index is 2.59. The number of β-amino-alcohol motifs (C(OH)–C–C–N with tert-alkyl or cyclic N) is 1. The van der Waals surface area contributed by atoms with Gasteiger partial charge in [-0.15, -0.1) is 11.3 Å². The molecule has 2 heterocycles. The zero-order chi connectivity index (χ0) is 15.8. The summed E-state index contributed by atoms with van der Waals surface area (Å²) < 4.78 is 24.7. The van der Waals surface area contributed by atoms with Crippen LogP contribution >= 0.6 is 11.3 Å². The first-order chi connectivity index (χ1) is 9.77. The molecule has 0 radical (unpaired) electrons. The summed E-state index contributed by atoms with van der Waals surface area (Å²) in [6, 6.07) is 0. The Morgan fingerprint density at radius 3 is 2.71 bits per heavy atom. The van der Waals surface area contributed by atoms with Crippen LogP contribution in [0.3, 0.4) is 0 Å². The number of sulfone groups is 1. The fourth-order valence-electron chi connectivity index (χ4n) is 2.47. The molecule has 2 rings (SSSR count). The molecule has 0 amide bonds. The predicted octanol–water partition coefficient (Wildman–Crippen LogP) is 1.29. The second-order valence-corrected chi connectivity index (χ2v) is 8.39. The maximum absolute atomic E-state index is 12.3. The fraction of sp³-hybridized carbons (Fsp3) is 0.615. The number of piperidine rings is 1. The molecule has 1 saturated heterocycles. The lowest BCUT2D eigenvalue weighted by atomic mass is 10.1. The van der Waals surface area contributed by atoms with Crippen LogP contribution in [-0.4, -0.2) is 44.3 Å². The third-order valence-corrected chi connectivity index (χ3v) is 6.87. The number of carbonyl (C=O) groups is 1. The van der Waals surface area contributed by atoms with Gasteiger partial charge in [0.05, 0.1) is 22.4 Å². The molecule has 0 aliphatic carbocycles. The smallest absolute Gasteiger partial charge is 0.183 e. The lowest BCUT2D eigenvalue weighted by molar-refractivity contribution is 0.102. The number of thiophene rings is 1. The molecule has 1 aliphatic rings. The van der Waals surface area contributed by atoms with Crippen LogP contribution in [0, 0.1) is 0 Å². The summed E-state index contributed by atoms with van der Waals surface area (Å²) in [4.78, 5) is 13.8. The highest BCUT2D eigenvalue weighted by Gasteiger charge is 2.31. The first-order valence-corrected chi connectivity index (χ1v) is 9.33. The van der Waals surface area contributed by atoms with E-state index < -0.39 is 15.9 Å². The molecule has 0 aromatic carbocycles. The maximum Gasteiger partial charge on any atom is 0.183 e. The maximum atomic E-state index is 12.3. The summed E-state index contributed by atoms with van der Waals surface area (Å²) in [5.74, 6) is -0.317. The summed E-state index contributed by atoms with van der Waals surface area (Å²) in [6.45, 7) is 3.94. The van der Waals surface area contributed by atoms with Crippen LogP contribution in [0.1, 0.15) is 36.4 Å². The van der Waals surface area contributed by atoms with E-state index in [2.05, 4.69) is 0 Å². The van der Waals surface area contributed by atoms with Crippen molar-refractivity contribution in [2.24, 2.45) is 0 Å². The minimum atomic E-state index is -3.53. The highest BCUT2D eigenvalue weighted by atomic mass is 32.2. The molecule has 118 valence electrons.